The molecular formula is C13H9BrClF4NS. The maximum Gasteiger partial charge on any atom is 0.416 e. The van der Waals surface area contributed by atoms with E-state index >= 15 is 0 Å². The Morgan fingerprint density at radius 3 is 2.43 bits per heavy atom. The molecular weight excluding hydrogens is 394 g/mol. The summed E-state index contributed by atoms with van der Waals surface area (Å²) in [5, 5.41) is 3.25. The lowest BCUT2D eigenvalue weighted by Gasteiger charge is -2.17. The highest BCUT2D eigenvalue weighted by atomic mass is 79.9. The van der Waals surface area contributed by atoms with E-state index in [-0.39, 0.29) is 5.56 Å². The van der Waals surface area contributed by atoms with Crippen molar-refractivity contribution in [1.29, 1.82) is 0 Å². The summed E-state index contributed by atoms with van der Waals surface area (Å²) in [4.78, 5) is 0.618. The van der Waals surface area contributed by atoms with Gasteiger partial charge in [-0.25, -0.2) is 4.39 Å². The molecule has 0 bridgehead atoms. The first-order valence-corrected chi connectivity index (χ1v) is 7.71. The standard InChI is InChI=1S/C13H9BrClF4NS/c1-20-11(10-5-8(15)12(14)21-10)7-4-6(13(17,18)19)2-3-9(7)16/h2-5,11,20H,1H3. The number of rotatable bonds is 3. The van der Waals surface area contributed by atoms with E-state index in [0.29, 0.717) is 13.7 Å². The summed E-state index contributed by atoms with van der Waals surface area (Å²) in [6.45, 7) is 0. The third kappa shape index (κ3) is 3.59. The molecule has 1 unspecified atom stereocenters. The number of nitrogens with one attached hydrogen (secondary N) is 1. The highest BCUT2D eigenvalue weighted by Gasteiger charge is 2.32. The number of hydrogen-bond donors (Lipinski definition) is 1. The molecule has 2 rings (SSSR count). The SMILES string of the molecule is CNC(c1cc(Cl)c(Br)s1)c1cc(C(F)(F)F)ccc1F. The molecule has 21 heavy (non-hydrogen) atoms. The van der Waals surface area contributed by atoms with Crippen molar-refractivity contribution in [3.63, 3.8) is 0 Å². The number of benzene rings is 1. The van der Waals surface area contributed by atoms with Crippen molar-refractivity contribution in [2.24, 2.45) is 0 Å². The van der Waals surface area contributed by atoms with Crippen molar-refractivity contribution in [2.45, 2.75) is 12.2 Å². The molecule has 1 aromatic heterocycles. The van der Waals surface area contributed by atoms with Gasteiger partial charge in [0.05, 0.1) is 20.4 Å². The zero-order valence-electron chi connectivity index (χ0n) is 10.6. The van der Waals surface area contributed by atoms with Gasteiger partial charge >= 0.3 is 6.18 Å². The highest BCUT2D eigenvalue weighted by Crippen LogP contribution is 2.39. The largest absolute Gasteiger partial charge is 0.416 e. The summed E-state index contributed by atoms with van der Waals surface area (Å²) in [7, 11) is 1.55. The van der Waals surface area contributed by atoms with Gasteiger partial charge in [-0.3, -0.25) is 0 Å². The Hall–Kier alpha value is -0.630. The summed E-state index contributed by atoms with van der Waals surface area (Å²) in [5.41, 5.74) is -0.960. The summed E-state index contributed by atoms with van der Waals surface area (Å²) in [5.74, 6) is -0.706. The third-order valence-electron chi connectivity index (χ3n) is 2.87. The first kappa shape index (κ1) is 16.7. The molecule has 114 valence electrons. The smallest absolute Gasteiger partial charge is 0.309 e. The Labute approximate surface area is 136 Å². The number of halogens is 6. The molecule has 1 N–H and O–H groups in total. The van der Waals surface area contributed by atoms with Gasteiger partial charge in [0, 0.05) is 10.4 Å². The zero-order chi connectivity index (χ0) is 15.8. The van der Waals surface area contributed by atoms with Gasteiger partial charge in [-0.2, -0.15) is 13.2 Å². The number of thiophene rings is 1. The Balaban J connectivity index is 2.51. The van der Waals surface area contributed by atoms with Crippen LogP contribution in [0.15, 0.2) is 28.1 Å². The van der Waals surface area contributed by atoms with Crippen LogP contribution in [0.1, 0.15) is 22.0 Å². The predicted molar refractivity (Wildman–Crippen MR) is 79.3 cm³/mol. The van der Waals surface area contributed by atoms with Crippen LogP contribution in [0.25, 0.3) is 0 Å². The Bertz CT molecular complexity index is 637. The molecule has 1 atom stereocenters. The van der Waals surface area contributed by atoms with E-state index in [0.717, 1.165) is 18.2 Å². The second-order valence-electron chi connectivity index (χ2n) is 4.23. The molecule has 0 spiro atoms. The van der Waals surface area contributed by atoms with Crippen LogP contribution in [0.5, 0.6) is 0 Å². The molecule has 0 fully saturated rings. The van der Waals surface area contributed by atoms with Gasteiger partial charge in [0.25, 0.3) is 0 Å². The first-order chi connectivity index (χ1) is 9.74. The van der Waals surface area contributed by atoms with Gasteiger partial charge in [0.1, 0.15) is 5.82 Å². The van der Waals surface area contributed by atoms with Crippen LogP contribution >= 0.6 is 38.9 Å². The van der Waals surface area contributed by atoms with Gasteiger partial charge in [-0.15, -0.1) is 11.3 Å². The summed E-state index contributed by atoms with van der Waals surface area (Å²) in [6.07, 6.45) is -4.52. The van der Waals surface area contributed by atoms with Crippen LogP contribution in [0, 0.1) is 5.82 Å². The van der Waals surface area contributed by atoms with E-state index in [4.69, 9.17) is 11.6 Å². The zero-order valence-corrected chi connectivity index (χ0v) is 13.7. The van der Waals surface area contributed by atoms with Crippen molar-refractivity contribution >= 4 is 38.9 Å². The molecule has 2 aromatic rings. The Morgan fingerprint density at radius 1 is 1.29 bits per heavy atom. The van der Waals surface area contributed by atoms with E-state index in [1.807, 2.05) is 0 Å². The molecule has 8 heteroatoms. The minimum absolute atomic E-state index is 0.0715. The molecule has 0 amide bonds. The fourth-order valence-corrected chi connectivity index (χ4v) is 3.77. The molecule has 0 aliphatic rings. The van der Waals surface area contributed by atoms with Gasteiger partial charge in [0.15, 0.2) is 0 Å². The van der Waals surface area contributed by atoms with Crippen molar-refractivity contribution < 1.29 is 17.6 Å². The van der Waals surface area contributed by atoms with Gasteiger partial charge in [-0.05, 0) is 47.2 Å². The summed E-state index contributed by atoms with van der Waals surface area (Å²) in [6, 6.07) is 3.26. The van der Waals surface area contributed by atoms with E-state index in [1.54, 1.807) is 13.1 Å². The predicted octanol–water partition coefficient (Wildman–Crippen LogP) is 5.63. The average molecular weight is 403 g/mol. The molecule has 0 saturated heterocycles. The molecule has 0 aliphatic heterocycles. The van der Waals surface area contributed by atoms with Crippen LogP contribution in [0.2, 0.25) is 5.02 Å². The second-order valence-corrected chi connectivity index (χ2v) is 7.04. The van der Waals surface area contributed by atoms with Crippen molar-refractivity contribution in [3.05, 3.63) is 54.9 Å². The van der Waals surface area contributed by atoms with E-state index in [1.165, 1.54) is 11.3 Å². The van der Waals surface area contributed by atoms with E-state index in [9.17, 15) is 17.6 Å². The Kier molecular flexibility index (Phi) is 4.97. The van der Waals surface area contributed by atoms with E-state index < -0.39 is 23.6 Å². The molecule has 0 radical (unpaired) electrons. The van der Waals surface area contributed by atoms with Crippen LogP contribution < -0.4 is 5.32 Å². The third-order valence-corrected chi connectivity index (χ3v) is 5.41. The minimum Gasteiger partial charge on any atom is -0.309 e. The van der Waals surface area contributed by atoms with Gasteiger partial charge in [0.2, 0.25) is 0 Å². The fraction of sp³-hybridized carbons (Fsp3) is 0.231. The maximum atomic E-state index is 13.9. The summed E-state index contributed by atoms with van der Waals surface area (Å²) < 4.78 is 52.9. The lowest BCUT2D eigenvalue weighted by molar-refractivity contribution is -0.137. The highest BCUT2D eigenvalue weighted by molar-refractivity contribution is 9.11. The number of alkyl halides is 3. The van der Waals surface area contributed by atoms with Crippen LogP contribution in [-0.4, -0.2) is 7.05 Å². The lowest BCUT2D eigenvalue weighted by atomic mass is 10.0. The van der Waals surface area contributed by atoms with Crippen LogP contribution in [0.4, 0.5) is 17.6 Å². The Morgan fingerprint density at radius 2 is 1.95 bits per heavy atom. The lowest BCUT2D eigenvalue weighted by Crippen LogP contribution is -2.19. The van der Waals surface area contributed by atoms with Crippen LogP contribution in [-0.2, 0) is 6.18 Å². The van der Waals surface area contributed by atoms with Crippen LogP contribution in [0.3, 0.4) is 0 Å². The molecule has 1 nitrogen and oxygen atoms in total. The monoisotopic (exact) mass is 401 g/mol. The van der Waals surface area contributed by atoms with Crippen molar-refractivity contribution in [1.82, 2.24) is 5.32 Å². The normalized spacial score (nSPS) is 13.5. The van der Waals surface area contributed by atoms with Gasteiger partial charge < -0.3 is 5.32 Å². The first-order valence-electron chi connectivity index (χ1n) is 5.72. The van der Waals surface area contributed by atoms with E-state index in [2.05, 4.69) is 21.2 Å². The van der Waals surface area contributed by atoms with Crippen molar-refractivity contribution in [2.75, 3.05) is 7.05 Å². The maximum absolute atomic E-state index is 13.9. The van der Waals surface area contributed by atoms with Crippen molar-refractivity contribution in [3.8, 4) is 0 Å². The fourth-order valence-electron chi connectivity index (χ4n) is 1.90. The minimum atomic E-state index is -4.52. The number of hydrogen-bond acceptors (Lipinski definition) is 2. The second kappa shape index (κ2) is 6.24. The molecule has 0 saturated carbocycles. The molecule has 0 aliphatic carbocycles. The summed E-state index contributed by atoms with van der Waals surface area (Å²) >= 11 is 10.4. The topological polar surface area (TPSA) is 12.0 Å². The van der Waals surface area contributed by atoms with Gasteiger partial charge in [-0.1, -0.05) is 11.6 Å². The average Bonchev–Trinajstić information content (AvgIpc) is 2.71. The molecule has 1 aromatic carbocycles. The quantitative estimate of drug-likeness (QED) is 0.656. The molecule has 1 heterocycles.